The van der Waals surface area contributed by atoms with Crippen LogP contribution in [-0.2, 0) is 4.74 Å². The Morgan fingerprint density at radius 3 is 2.62 bits per heavy atom. The van der Waals surface area contributed by atoms with Gasteiger partial charge in [-0.2, -0.15) is 0 Å². The minimum Gasteiger partial charge on any atom is -0.444 e. The van der Waals surface area contributed by atoms with Crippen molar-refractivity contribution in [3.63, 3.8) is 0 Å². The molecule has 3 amide bonds. The van der Waals surface area contributed by atoms with Crippen LogP contribution in [0.15, 0.2) is 4.42 Å². The topological polar surface area (TPSA) is 121 Å². The standard InChI is InChI=1S/C19H27N5O5/c1-18(2,3)29-16(25)20-11-6-10(7-11)14-21-22-15(28-14)12-8-19(4-5-19)13-9-23(12)17(26)24(13)27/h10-13,27H,4-9H2,1-3H3,(H,20,25)/t10-,11+,12-,13+/m0/s1. The highest BCUT2D eigenvalue weighted by Crippen LogP contribution is 2.61. The van der Waals surface area contributed by atoms with Crippen LogP contribution in [0.4, 0.5) is 9.59 Å². The number of nitrogens with zero attached hydrogens (tertiary/aromatic N) is 4. The van der Waals surface area contributed by atoms with Crippen molar-refractivity contribution in [2.24, 2.45) is 5.41 Å². The first-order chi connectivity index (χ1) is 13.7. The van der Waals surface area contributed by atoms with E-state index in [1.165, 1.54) is 0 Å². The van der Waals surface area contributed by atoms with Crippen LogP contribution in [0.5, 0.6) is 0 Å². The van der Waals surface area contributed by atoms with E-state index in [0.717, 1.165) is 24.3 Å². The number of urea groups is 1. The zero-order valence-electron chi connectivity index (χ0n) is 16.9. The highest BCUT2D eigenvalue weighted by Gasteiger charge is 2.63. The number of hydroxylamine groups is 2. The molecule has 5 rings (SSSR count). The fourth-order valence-corrected chi connectivity index (χ4v) is 4.83. The van der Waals surface area contributed by atoms with E-state index >= 15 is 0 Å². The fraction of sp³-hybridized carbons (Fsp3) is 0.789. The van der Waals surface area contributed by atoms with Crippen molar-refractivity contribution in [3.8, 4) is 0 Å². The molecule has 10 heteroatoms. The number of piperidine rings is 1. The van der Waals surface area contributed by atoms with E-state index < -0.39 is 11.7 Å². The lowest BCUT2D eigenvalue weighted by atomic mass is 9.80. The first kappa shape index (κ1) is 18.7. The Morgan fingerprint density at radius 1 is 1.28 bits per heavy atom. The molecule has 2 saturated carbocycles. The monoisotopic (exact) mass is 405 g/mol. The van der Waals surface area contributed by atoms with E-state index in [-0.39, 0.29) is 35.5 Å². The van der Waals surface area contributed by atoms with Gasteiger partial charge in [0.1, 0.15) is 11.6 Å². The van der Waals surface area contributed by atoms with Gasteiger partial charge in [-0.25, -0.2) is 14.7 Å². The molecule has 2 N–H and O–H groups in total. The average molecular weight is 405 g/mol. The molecule has 2 saturated heterocycles. The van der Waals surface area contributed by atoms with Crippen LogP contribution >= 0.6 is 0 Å². The number of amides is 3. The van der Waals surface area contributed by atoms with Crippen molar-refractivity contribution in [1.29, 1.82) is 0 Å². The molecule has 2 atom stereocenters. The summed E-state index contributed by atoms with van der Waals surface area (Å²) in [7, 11) is 0. The van der Waals surface area contributed by atoms with E-state index in [2.05, 4.69) is 15.5 Å². The number of ether oxygens (including phenoxy) is 1. The molecule has 1 aromatic heterocycles. The molecule has 2 aliphatic heterocycles. The zero-order chi connectivity index (χ0) is 20.6. The number of aromatic nitrogens is 2. The van der Waals surface area contributed by atoms with Gasteiger partial charge < -0.3 is 19.4 Å². The summed E-state index contributed by atoms with van der Waals surface area (Å²) in [4.78, 5) is 25.9. The summed E-state index contributed by atoms with van der Waals surface area (Å²) in [5.41, 5.74) is -0.542. The number of rotatable bonds is 3. The number of fused-ring (bicyclic) bond motifs is 3. The Bertz CT molecular complexity index is 838. The highest BCUT2D eigenvalue weighted by atomic mass is 16.6. The molecule has 0 unspecified atom stereocenters. The van der Waals surface area contributed by atoms with Gasteiger partial charge in [0.15, 0.2) is 0 Å². The molecule has 2 bridgehead atoms. The Hall–Kier alpha value is -2.36. The van der Waals surface area contributed by atoms with Crippen LogP contribution in [-0.4, -0.2) is 61.7 Å². The number of hydrogen-bond acceptors (Lipinski definition) is 7. The number of nitrogens with one attached hydrogen (secondary N) is 1. The quantitative estimate of drug-likeness (QED) is 0.741. The first-order valence-electron chi connectivity index (χ1n) is 10.3. The van der Waals surface area contributed by atoms with Gasteiger partial charge in [0, 0.05) is 18.5 Å². The third kappa shape index (κ3) is 3.13. The van der Waals surface area contributed by atoms with E-state index in [0.29, 0.717) is 31.2 Å². The van der Waals surface area contributed by atoms with Crippen molar-refractivity contribution in [3.05, 3.63) is 11.8 Å². The van der Waals surface area contributed by atoms with Gasteiger partial charge in [0.2, 0.25) is 11.8 Å². The summed E-state index contributed by atoms with van der Waals surface area (Å²) < 4.78 is 11.2. The van der Waals surface area contributed by atoms with Crippen LogP contribution in [0.2, 0.25) is 0 Å². The Labute approximate surface area is 168 Å². The maximum Gasteiger partial charge on any atom is 0.407 e. The van der Waals surface area contributed by atoms with Crippen molar-refractivity contribution >= 4 is 12.1 Å². The number of carbonyl (C=O) groups is 2. The molecule has 29 heavy (non-hydrogen) atoms. The predicted molar refractivity (Wildman–Crippen MR) is 98.0 cm³/mol. The average Bonchev–Trinajstić information content (AvgIpc) is 3.09. The third-order valence-corrected chi connectivity index (χ3v) is 6.63. The van der Waals surface area contributed by atoms with E-state index in [4.69, 9.17) is 9.15 Å². The normalized spacial score (nSPS) is 32.3. The second kappa shape index (κ2) is 6.07. The number of alkyl carbamates (subject to hydrolysis) is 1. The molecular formula is C19H27N5O5. The van der Waals surface area contributed by atoms with Crippen LogP contribution in [0.1, 0.15) is 76.6 Å². The lowest BCUT2D eigenvalue weighted by molar-refractivity contribution is -0.0783. The predicted octanol–water partition coefficient (Wildman–Crippen LogP) is 2.56. The van der Waals surface area contributed by atoms with Crippen LogP contribution in [0.25, 0.3) is 0 Å². The van der Waals surface area contributed by atoms with E-state index in [1.54, 1.807) is 4.90 Å². The highest BCUT2D eigenvalue weighted by molar-refractivity contribution is 5.77. The van der Waals surface area contributed by atoms with Gasteiger partial charge in [-0.15, -0.1) is 10.2 Å². The summed E-state index contributed by atoms with van der Waals surface area (Å²) in [5.74, 6) is 1.07. The van der Waals surface area contributed by atoms with Gasteiger partial charge in [0.25, 0.3) is 0 Å². The number of carbonyl (C=O) groups excluding carboxylic acids is 2. The summed E-state index contributed by atoms with van der Waals surface area (Å²) in [6.45, 7) is 5.99. The van der Waals surface area contributed by atoms with Crippen molar-refractivity contribution < 1.29 is 24.0 Å². The lowest BCUT2D eigenvalue weighted by Crippen LogP contribution is -2.45. The molecule has 0 radical (unpaired) electrons. The summed E-state index contributed by atoms with van der Waals surface area (Å²) in [5, 5.41) is 22.3. The van der Waals surface area contributed by atoms with Crippen molar-refractivity contribution in [1.82, 2.24) is 25.5 Å². The van der Waals surface area contributed by atoms with Crippen molar-refractivity contribution in [2.45, 2.75) is 82.5 Å². The van der Waals surface area contributed by atoms with Crippen molar-refractivity contribution in [2.75, 3.05) is 6.54 Å². The Balaban J connectivity index is 1.21. The van der Waals surface area contributed by atoms with Gasteiger partial charge in [-0.3, -0.25) is 5.21 Å². The molecule has 4 fully saturated rings. The smallest absolute Gasteiger partial charge is 0.407 e. The molecule has 3 heterocycles. The maximum absolute atomic E-state index is 12.4. The fourth-order valence-electron chi connectivity index (χ4n) is 4.83. The van der Waals surface area contributed by atoms with Gasteiger partial charge in [-0.05, 0) is 58.3 Å². The SMILES string of the molecule is CC(C)(C)OC(=O)N[C@H]1C[C@@H](c2nnc([C@@H]3CC4(CC4)[C@H]4CN3C(=O)N4O)o2)C1. The van der Waals surface area contributed by atoms with Gasteiger partial charge in [-0.1, -0.05) is 0 Å². The molecular weight excluding hydrogens is 378 g/mol. The molecule has 4 aliphatic rings. The number of hydrogen-bond donors (Lipinski definition) is 2. The Morgan fingerprint density at radius 2 is 1.97 bits per heavy atom. The van der Waals surface area contributed by atoms with Gasteiger partial charge in [0.05, 0.1) is 6.04 Å². The van der Waals surface area contributed by atoms with E-state index in [1.807, 2.05) is 20.8 Å². The minimum absolute atomic E-state index is 0.0182. The molecule has 1 aromatic rings. The molecule has 2 aliphatic carbocycles. The second-order valence-electron chi connectivity index (χ2n) is 9.87. The van der Waals surface area contributed by atoms with Crippen LogP contribution in [0, 0.1) is 5.41 Å². The maximum atomic E-state index is 12.4. The molecule has 10 nitrogen and oxygen atoms in total. The molecule has 1 spiro atoms. The van der Waals surface area contributed by atoms with Gasteiger partial charge >= 0.3 is 12.1 Å². The molecule has 0 aromatic carbocycles. The second-order valence-corrected chi connectivity index (χ2v) is 9.87. The Kier molecular flexibility index (Phi) is 3.90. The first-order valence-corrected chi connectivity index (χ1v) is 10.3. The lowest BCUT2D eigenvalue weighted by Gasteiger charge is -2.35. The van der Waals surface area contributed by atoms with E-state index in [9.17, 15) is 14.8 Å². The van der Waals surface area contributed by atoms with Crippen LogP contribution < -0.4 is 5.32 Å². The summed E-state index contributed by atoms with van der Waals surface area (Å²) in [6, 6.07) is -0.761. The largest absolute Gasteiger partial charge is 0.444 e. The zero-order valence-corrected chi connectivity index (χ0v) is 16.9. The summed E-state index contributed by atoms with van der Waals surface area (Å²) in [6.07, 6.45) is 3.77. The molecule has 158 valence electrons. The third-order valence-electron chi connectivity index (χ3n) is 6.63. The van der Waals surface area contributed by atoms with Crippen LogP contribution in [0.3, 0.4) is 0 Å². The minimum atomic E-state index is -0.524. The summed E-state index contributed by atoms with van der Waals surface area (Å²) >= 11 is 0.